The largest absolute Gasteiger partial charge is 0.495 e. The SMILES string of the molecule is COc1ccc(N([C@H](C)C(=O)Nc2ccc3c(c2)OCO3)S(C)(=O)=O)cc1Cl. The van der Waals surface area contributed by atoms with Crippen LogP contribution in [-0.2, 0) is 14.8 Å². The molecule has 0 saturated heterocycles. The molecule has 0 saturated carbocycles. The predicted octanol–water partition coefficient (Wildman–Crippen LogP) is 2.87. The van der Waals surface area contributed by atoms with E-state index in [9.17, 15) is 13.2 Å². The fraction of sp³-hybridized carbons (Fsp3) is 0.278. The highest BCUT2D eigenvalue weighted by molar-refractivity contribution is 7.92. The van der Waals surface area contributed by atoms with Gasteiger partial charge in [-0.2, -0.15) is 0 Å². The fourth-order valence-electron chi connectivity index (χ4n) is 2.82. The molecule has 1 heterocycles. The van der Waals surface area contributed by atoms with Crippen molar-refractivity contribution in [1.29, 1.82) is 0 Å². The van der Waals surface area contributed by atoms with Crippen molar-refractivity contribution >= 4 is 38.9 Å². The average molecular weight is 427 g/mol. The molecule has 1 amide bonds. The van der Waals surface area contributed by atoms with Crippen molar-refractivity contribution in [3.8, 4) is 17.2 Å². The van der Waals surface area contributed by atoms with Crippen LogP contribution in [0.3, 0.4) is 0 Å². The summed E-state index contributed by atoms with van der Waals surface area (Å²) in [5.74, 6) is 0.969. The fourth-order valence-corrected chi connectivity index (χ4v) is 4.24. The minimum Gasteiger partial charge on any atom is -0.495 e. The van der Waals surface area contributed by atoms with Crippen molar-refractivity contribution in [3.63, 3.8) is 0 Å². The summed E-state index contributed by atoms with van der Waals surface area (Å²) in [7, 11) is -2.32. The maximum absolute atomic E-state index is 12.7. The standard InChI is InChI=1S/C18H19ClN2O6S/c1-11(18(22)20-12-4-6-16-17(8-12)27-10-26-16)21(28(3,23)24)13-5-7-15(25-2)14(19)9-13/h4-9,11H,10H2,1-3H3,(H,20,22)/t11-/m1/s1. The molecule has 0 radical (unpaired) electrons. The third-order valence-corrected chi connectivity index (χ3v) is 5.66. The number of benzene rings is 2. The van der Waals surface area contributed by atoms with E-state index in [-0.39, 0.29) is 17.5 Å². The maximum Gasteiger partial charge on any atom is 0.247 e. The van der Waals surface area contributed by atoms with E-state index in [1.165, 1.54) is 32.2 Å². The van der Waals surface area contributed by atoms with Crippen LogP contribution in [0.2, 0.25) is 5.02 Å². The van der Waals surface area contributed by atoms with Crippen molar-refractivity contribution in [3.05, 3.63) is 41.4 Å². The molecule has 10 heteroatoms. The lowest BCUT2D eigenvalue weighted by Crippen LogP contribution is -2.45. The molecule has 0 unspecified atom stereocenters. The summed E-state index contributed by atoms with van der Waals surface area (Å²) in [5, 5.41) is 2.93. The number of sulfonamides is 1. The summed E-state index contributed by atoms with van der Waals surface area (Å²) in [4.78, 5) is 12.7. The van der Waals surface area contributed by atoms with E-state index in [0.29, 0.717) is 22.9 Å². The van der Waals surface area contributed by atoms with Crippen LogP contribution in [0.15, 0.2) is 36.4 Å². The number of amides is 1. The first kappa shape index (κ1) is 20.1. The first-order valence-electron chi connectivity index (χ1n) is 8.24. The van der Waals surface area contributed by atoms with Crippen LogP contribution in [0.5, 0.6) is 17.2 Å². The van der Waals surface area contributed by atoms with Gasteiger partial charge >= 0.3 is 0 Å². The van der Waals surface area contributed by atoms with Crippen LogP contribution in [0, 0.1) is 0 Å². The van der Waals surface area contributed by atoms with E-state index < -0.39 is 22.0 Å². The Morgan fingerprint density at radius 3 is 2.57 bits per heavy atom. The number of hydrogen-bond acceptors (Lipinski definition) is 6. The Morgan fingerprint density at radius 1 is 1.21 bits per heavy atom. The molecule has 8 nitrogen and oxygen atoms in total. The molecule has 150 valence electrons. The highest BCUT2D eigenvalue weighted by Crippen LogP contribution is 2.35. The first-order valence-corrected chi connectivity index (χ1v) is 10.5. The zero-order valence-electron chi connectivity index (χ0n) is 15.4. The van der Waals surface area contributed by atoms with Crippen molar-refractivity contribution in [2.24, 2.45) is 0 Å². The minimum atomic E-state index is -3.77. The van der Waals surface area contributed by atoms with Gasteiger partial charge in [-0.3, -0.25) is 9.10 Å². The van der Waals surface area contributed by atoms with Crippen molar-refractivity contribution in [2.45, 2.75) is 13.0 Å². The topological polar surface area (TPSA) is 94.2 Å². The molecular formula is C18H19ClN2O6S. The van der Waals surface area contributed by atoms with Crippen LogP contribution >= 0.6 is 11.6 Å². The lowest BCUT2D eigenvalue weighted by Gasteiger charge is -2.28. The third-order valence-electron chi connectivity index (χ3n) is 4.12. The summed E-state index contributed by atoms with van der Waals surface area (Å²) in [6.45, 7) is 1.60. The van der Waals surface area contributed by atoms with Gasteiger partial charge in [0.25, 0.3) is 0 Å². The molecule has 0 spiro atoms. The Labute approximate surface area is 168 Å². The molecule has 0 aliphatic carbocycles. The summed E-state index contributed by atoms with van der Waals surface area (Å²) in [6.07, 6.45) is 1.02. The second-order valence-corrected chi connectivity index (χ2v) is 8.38. The molecule has 1 aliphatic rings. The quantitative estimate of drug-likeness (QED) is 0.763. The van der Waals surface area contributed by atoms with E-state index in [0.717, 1.165) is 10.6 Å². The summed E-state index contributed by atoms with van der Waals surface area (Å²) >= 11 is 6.12. The van der Waals surface area contributed by atoms with Gasteiger partial charge in [0, 0.05) is 11.8 Å². The molecule has 28 heavy (non-hydrogen) atoms. The van der Waals surface area contributed by atoms with E-state index in [1.807, 2.05) is 0 Å². The number of nitrogens with zero attached hydrogens (tertiary/aromatic N) is 1. The molecule has 1 aliphatic heterocycles. The van der Waals surface area contributed by atoms with Crippen LogP contribution in [-0.4, -0.2) is 40.5 Å². The highest BCUT2D eigenvalue weighted by Gasteiger charge is 2.30. The number of anilines is 2. The number of halogens is 1. The Morgan fingerprint density at radius 2 is 1.93 bits per heavy atom. The number of hydrogen-bond donors (Lipinski definition) is 1. The molecular weight excluding hydrogens is 408 g/mol. The third kappa shape index (κ3) is 4.10. The zero-order chi connectivity index (χ0) is 20.5. The highest BCUT2D eigenvalue weighted by atomic mass is 35.5. The van der Waals surface area contributed by atoms with Gasteiger partial charge in [0.15, 0.2) is 11.5 Å². The molecule has 1 atom stereocenters. The monoisotopic (exact) mass is 426 g/mol. The molecule has 2 aromatic rings. The van der Waals surface area contributed by atoms with E-state index in [1.54, 1.807) is 18.2 Å². The van der Waals surface area contributed by atoms with Gasteiger partial charge in [0.05, 0.1) is 24.1 Å². The summed E-state index contributed by atoms with van der Waals surface area (Å²) in [6, 6.07) is 8.39. The molecule has 0 aromatic heterocycles. The van der Waals surface area contributed by atoms with Crippen molar-refractivity contribution in [2.75, 3.05) is 29.8 Å². The van der Waals surface area contributed by atoms with Gasteiger partial charge in [-0.25, -0.2) is 8.42 Å². The number of methoxy groups -OCH3 is 1. The number of nitrogens with one attached hydrogen (secondary N) is 1. The Balaban J connectivity index is 1.86. The Bertz CT molecular complexity index is 1010. The lowest BCUT2D eigenvalue weighted by atomic mass is 10.2. The smallest absolute Gasteiger partial charge is 0.247 e. The first-order chi connectivity index (χ1) is 13.2. The molecule has 2 aromatic carbocycles. The van der Waals surface area contributed by atoms with E-state index >= 15 is 0 Å². The van der Waals surface area contributed by atoms with Gasteiger partial charge in [-0.1, -0.05) is 11.6 Å². The van der Waals surface area contributed by atoms with Gasteiger partial charge in [0.1, 0.15) is 11.8 Å². The normalized spacial score (nSPS) is 13.7. The Hall–Kier alpha value is -2.65. The van der Waals surface area contributed by atoms with E-state index in [2.05, 4.69) is 5.32 Å². The van der Waals surface area contributed by atoms with Gasteiger partial charge in [-0.15, -0.1) is 0 Å². The van der Waals surface area contributed by atoms with Crippen LogP contribution in [0.4, 0.5) is 11.4 Å². The van der Waals surface area contributed by atoms with Gasteiger partial charge < -0.3 is 19.5 Å². The van der Waals surface area contributed by atoms with Crippen LogP contribution < -0.4 is 23.8 Å². The maximum atomic E-state index is 12.7. The van der Waals surface area contributed by atoms with Gasteiger partial charge in [-0.05, 0) is 37.3 Å². The zero-order valence-corrected chi connectivity index (χ0v) is 17.0. The molecule has 0 fully saturated rings. The second-order valence-electron chi connectivity index (χ2n) is 6.11. The second kappa shape index (κ2) is 7.76. The number of carbonyl (C=O) groups is 1. The number of carbonyl (C=O) groups excluding carboxylic acids is 1. The average Bonchev–Trinajstić information content (AvgIpc) is 3.08. The van der Waals surface area contributed by atoms with Crippen molar-refractivity contribution < 1.29 is 27.4 Å². The van der Waals surface area contributed by atoms with Gasteiger partial charge in [0.2, 0.25) is 22.7 Å². The summed E-state index contributed by atoms with van der Waals surface area (Å²) in [5.41, 5.74) is 0.712. The minimum absolute atomic E-state index is 0.114. The van der Waals surface area contributed by atoms with Crippen molar-refractivity contribution in [1.82, 2.24) is 0 Å². The van der Waals surface area contributed by atoms with Crippen LogP contribution in [0.25, 0.3) is 0 Å². The summed E-state index contributed by atoms with van der Waals surface area (Å²) < 4.78 is 41.4. The molecule has 1 N–H and O–H groups in total. The Kier molecular flexibility index (Phi) is 5.57. The van der Waals surface area contributed by atoms with Crippen LogP contribution in [0.1, 0.15) is 6.92 Å². The number of fused-ring (bicyclic) bond motifs is 1. The predicted molar refractivity (Wildman–Crippen MR) is 106 cm³/mol. The number of ether oxygens (including phenoxy) is 3. The lowest BCUT2D eigenvalue weighted by molar-refractivity contribution is -0.116. The van der Waals surface area contributed by atoms with E-state index in [4.69, 9.17) is 25.8 Å². The molecule has 3 rings (SSSR count). The number of rotatable bonds is 6. The molecule has 0 bridgehead atoms.